The fraction of sp³-hybridized carbons (Fsp3) is 0.571. The smallest absolute Gasteiger partial charge is 0.193 e. The minimum absolute atomic E-state index is 0.0177. The van der Waals surface area contributed by atoms with Crippen LogP contribution in [0.1, 0.15) is 43.0 Å². The number of hydrogen-bond donors (Lipinski definition) is 0. The Bertz CT molecular complexity index is 400. The Morgan fingerprint density at radius 1 is 1.50 bits per heavy atom. The van der Waals surface area contributed by atoms with Gasteiger partial charge in [-0.05, 0) is 31.7 Å². The Labute approximate surface area is 107 Å². The van der Waals surface area contributed by atoms with Gasteiger partial charge in [-0.25, -0.2) is 0 Å². The van der Waals surface area contributed by atoms with E-state index >= 15 is 0 Å². The van der Waals surface area contributed by atoms with Crippen LogP contribution in [0.5, 0.6) is 5.75 Å². The molecule has 98 valence electrons. The van der Waals surface area contributed by atoms with Gasteiger partial charge >= 0.3 is 0 Å². The molecule has 0 aliphatic carbocycles. The van der Waals surface area contributed by atoms with Gasteiger partial charge in [-0.15, -0.1) is 0 Å². The van der Waals surface area contributed by atoms with Crippen LogP contribution in [-0.4, -0.2) is 30.1 Å². The highest BCUT2D eigenvalue weighted by Crippen LogP contribution is 2.19. The van der Waals surface area contributed by atoms with Gasteiger partial charge in [0.2, 0.25) is 0 Å². The van der Waals surface area contributed by atoms with E-state index in [1.807, 2.05) is 6.92 Å². The normalized spacial score (nSPS) is 19.5. The molecule has 1 aliphatic heterocycles. The molecular formula is C14H19NO3. The zero-order valence-corrected chi connectivity index (χ0v) is 10.7. The Kier molecular flexibility index (Phi) is 4.70. The summed E-state index contributed by atoms with van der Waals surface area (Å²) < 4.78 is 11.0. The summed E-state index contributed by atoms with van der Waals surface area (Å²) in [4.78, 5) is 16.3. The molecule has 2 heterocycles. The fourth-order valence-electron chi connectivity index (χ4n) is 1.99. The van der Waals surface area contributed by atoms with E-state index in [1.165, 1.54) is 0 Å². The molecule has 0 spiro atoms. The molecule has 0 amide bonds. The Hall–Kier alpha value is -1.42. The first kappa shape index (κ1) is 13.0. The third-order valence-electron chi connectivity index (χ3n) is 2.94. The van der Waals surface area contributed by atoms with Crippen LogP contribution in [0, 0.1) is 0 Å². The molecule has 2 rings (SSSR count). The Morgan fingerprint density at radius 3 is 3.11 bits per heavy atom. The van der Waals surface area contributed by atoms with E-state index in [2.05, 4.69) is 4.98 Å². The highest BCUT2D eigenvalue weighted by Gasteiger charge is 2.23. The highest BCUT2D eigenvalue weighted by molar-refractivity contribution is 5.99. The molecule has 4 heteroatoms. The molecule has 0 N–H and O–H groups in total. The van der Waals surface area contributed by atoms with Crippen LogP contribution in [0.15, 0.2) is 18.5 Å². The maximum Gasteiger partial charge on any atom is 0.193 e. The van der Waals surface area contributed by atoms with E-state index in [0.717, 1.165) is 25.7 Å². The number of carbonyl (C=O) groups excluding carboxylic acids is 1. The summed E-state index contributed by atoms with van der Waals surface area (Å²) in [5, 5.41) is 0. The number of carbonyl (C=O) groups is 1. The van der Waals surface area contributed by atoms with Gasteiger partial charge in [0.15, 0.2) is 5.78 Å². The Morgan fingerprint density at radius 2 is 2.39 bits per heavy atom. The molecular weight excluding hydrogens is 230 g/mol. The zero-order valence-electron chi connectivity index (χ0n) is 10.7. The van der Waals surface area contributed by atoms with Crippen LogP contribution in [0.2, 0.25) is 0 Å². The van der Waals surface area contributed by atoms with Crippen LogP contribution in [-0.2, 0) is 4.74 Å². The van der Waals surface area contributed by atoms with E-state index < -0.39 is 0 Å². The molecule has 0 radical (unpaired) electrons. The maximum atomic E-state index is 12.2. The van der Waals surface area contributed by atoms with Gasteiger partial charge in [0.05, 0.1) is 12.8 Å². The van der Waals surface area contributed by atoms with Crippen molar-refractivity contribution < 1.29 is 14.3 Å². The average Bonchev–Trinajstić information content (AvgIpc) is 2.45. The van der Waals surface area contributed by atoms with Gasteiger partial charge in [-0.1, -0.05) is 6.92 Å². The van der Waals surface area contributed by atoms with Crippen molar-refractivity contribution >= 4 is 5.78 Å². The van der Waals surface area contributed by atoms with Crippen molar-refractivity contribution in [3.05, 3.63) is 24.0 Å². The van der Waals surface area contributed by atoms with E-state index in [0.29, 0.717) is 24.5 Å². The lowest BCUT2D eigenvalue weighted by molar-refractivity contribution is 0.0186. The van der Waals surface area contributed by atoms with Gasteiger partial charge in [-0.3, -0.25) is 9.78 Å². The summed E-state index contributed by atoms with van der Waals surface area (Å²) in [7, 11) is 0. The van der Waals surface area contributed by atoms with Crippen LogP contribution < -0.4 is 4.74 Å². The molecule has 1 unspecified atom stereocenters. The number of Topliss-reactive ketones (excluding diaryl/α,β-unsaturated/α-hetero) is 1. The summed E-state index contributed by atoms with van der Waals surface area (Å²) in [5.74, 6) is 0.669. The summed E-state index contributed by atoms with van der Waals surface area (Å²) >= 11 is 0. The molecule has 18 heavy (non-hydrogen) atoms. The predicted molar refractivity (Wildman–Crippen MR) is 67.9 cm³/mol. The molecule has 0 aromatic carbocycles. The van der Waals surface area contributed by atoms with Crippen molar-refractivity contribution in [3.63, 3.8) is 0 Å². The number of rotatable bonds is 5. The number of ketones is 1. The van der Waals surface area contributed by atoms with Crippen LogP contribution in [0.3, 0.4) is 0 Å². The predicted octanol–water partition coefficient (Wildman–Crippen LogP) is 2.62. The minimum Gasteiger partial charge on any atom is -0.492 e. The van der Waals surface area contributed by atoms with E-state index in [-0.39, 0.29) is 11.9 Å². The van der Waals surface area contributed by atoms with Crippen molar-refractivity contribution in [3.8, 4) is 5.75 Å². The molecule has 1 aliphatic rings. The first-order chi connectivity index (χ1) is 8.81. The summed E-state index contributed by atoms with van der Waals surface area (Å²) in [6.07, 6.45) is 6.75. The first-order valence-electron chi connectivity index (χ1n) is 6.55. The molecule has 1 atom stereocenters. The first-order valence-corrected chi connectivity index (χ1v) is 6.55. The zero-order chi connectivity index (χ0) is 12.8. The number of aromatic nitrogens is 1. The summed E-state index contributed by atoms with van der Waals surface area (Å²) in [6.45, 7) is 3.35. The second kappa shape index (κ2) is 6.50. The van der Waals surface area contributed by atoms with Crippen molar-refractivity contribution in [2.24, 2.45) is 0 Å². The topological polar surface area (TPSA) is 48.4 Å². The summed E-state index contributed by atoms with van der Waals surface area (Å²) in [5.41, 5.74) is 0.579. The lowest BCUT2D eigenvalue weighted by atomic mass is 10.0. The summed E-state index contributed by atoms with van der Waals surface area (Å²) in [6, 6.07) is 1.75. The second-order valence-electron chi connectivity index (χ2n) is 4.48. The lowest BCUT2D eigenvalue weighted by Crippen LogP contribution is -2.28. The fourth-order valence-corrected chi connectivity index (χ4v) is 1.99. The van der Waals surface area contributed by atoms with Gasteiger partial charge in [0.25, 0.3) is 0 Å². The van der Waals surface area contributed by atoms with E-state index in [4.69, 9.17) is 9.47 Å². The van der Waals surface area contributed by atoms with Crippen molar-refractivity contribution in [1.82, 2.24) is 4.98 Å². The van der Waals surface area contributed by atoms with Crippen LogP contribution >= 0.6 is 0 Å². The molecule has 1 fully saturated rings. The van der Waals surface area contributed by atoms with Crippen LogP contribution in [0.4, 0.5) is 0 Å². The number of ether oxygens (including phenoxy) is 2. The van der Waals surface area contributed by atoms with Crippen molar-refractivity contribution in [2.75, 3.05) is 13.2 Å². The quantitative estimate of drug-likeness (QED) is 0.753. The van der Waals surface area contributed by atoms with Gasteiger partial charge in [-0.2, -0.15) is 0 Å². The highest BCUT2D eigenvalue weighted by atomic mass is 16.5. The van der Waals surface area contributed by atoms with Gasteiger partial charge in [0.1, 0.15) is 11.9 Å². The monoisotopic (exact) mass is 249 g/mol. The van der Waals surface area contributed by atoms with Crippen LogP contribution in [0.25, 0.3) is 0 Å². The molecule has 4 nitrogen and oxygen atoms in total. The molecule has 0 saturated carbocycles. The van der Waals surface area contributed by atoms with Crippen molar-refractivity contribution in [1.29, 1.82) is 0 Å². The average molecular weight is 249 g/mol. The molecule has 1 aromatic rings. The Balaban J connectivity index is 2.04. The minimum atomic E-state index is -0.304. The lowest BCUT2D eigenvalue weighted by Gasteiger charge is -2.21. The SMILES string of the molecule is CCCOc1cncc(C(=O)C2CCCCO2)c1. The third kappa shape index (κ3) is 3.29. The van der Waals surface area contributed by atoms with Crippen molar-refractivity contribution in [2.45, 2.75) is 38.7 Å². The number of pyridine rings is 1. The van der Waals surface area contributed by atoms with E-state index in [9.17, 15) is 4.79 Å². The second-order valence-corrected chi connectivity index (χ2v) is 4.48. The third-order valence-corrected chi connectivity index (χ3v) is 2.94. The standard InChI is InChI=1S/C14H19NO3/c1-2-6-17-12-8-11(9-15-10-12)14(16)13-5-3-4-7-18-13/h8-10,13H,2-7H2,1H3. The largest absolute Gasteiger partial charge is 0.492 e. The molecule has 0 bridgehead atoms. The van der Waals surface area contributed by atoms with Gasteiger partial charge in [0, 0.05) is 18.4 Å². The number of hydrogen-bond acceptors (Lipinski definition) is 4. The molecule has 1 aromatic heterocycles. The van der Waals surface area contributed by atoms with E-state index in [1.54, 1.807) is 18.5 Å². The molecule has 1 saturated heterocycles. The maximum absolute atomic E-state index is 12.2. The van der Waals surface area contributed by atoms with Gasteiger partial charge < -0.3 is 9.47 Å². The number of nitrogens with zero attached hydrogens (tertiary/aromatic N) is 1.